The predicted octanol–water partition coefficient (Wildman–Crippen LogP) is 2.50. The second kappa shape index (κ2) is 2.95. The van der Waals surface area contributed by atoms with Crippen LogP contribution in [0, 0.1) is 0 Å². The largest absolute Gasteiger partial charge is 0.378 e. The van der Waals surface area contributed by atoms with Gasteiger partial charge in [0.05, 0.1) is 18.0 Å². The molecule has 64 valence electrons. The van der Waals surface area contributed by atoms with Crippen LogP contribution in [0.15, 0.2) is 24.3 Å². The SMILES string of the molecule is SC1(c2cccc(Cl)c2)COC1. The molecule has 1 nitrogen and oxygen atoms in total. The first kappa shape index (κ1) is 8.42. The molecule has 1 aromatic carbocycles. The minimum Gasteiger partial charge on any atom is -0.378 e. The summed E-state index contributed by atoms with van der Waals surface area (Å²) in [6.45, 7) is 1.35. The molecular weight excluding hydrogens is 192 g/mol. The van der Waals surface area contributed by atoms with Crippen LogP contribution in [0.1, 0.15) is 5.56 Å². The molecule has 0 spiro atoms. The van der Waals surface area contributed by atoms with Crippen molar-refractivity contribution in [1.82, 2.24) is 0 Å². The Kier molecular flexibility index (Phi) is 2.07. The van der Waals surface area contributed by atoms with Crippen LogP contribution in [0.25, 0.3) is 0 Å². The van der Waals surface area contributed by atoms with Crippen LogP contribution in [0.3, 0.4) is 0 Å². The standard InChI is InChI=1S/C9H9ClOS/c10-8-3-1-2-7(4-8)9(12)5-11-6-9/h1-4,12H,5-6H2. The van der Waals surface area contributed by atoms with Gasteiger partial charge in [-0.15, -0.1) is 0 Å². The quantitative estimate of drug-likeness (QED) is 0.686. The predicted molar refractivity (Wildman–Crippen MR) is 52.9 cm³/mol. The molecule has 1 fully saturated rings. The lowest BCUT2D eigenvalue weighted by Crippen LogP contribution is -2.41. The molecule has 1 heterocycles. The fourth-order valence-electron chi connectivity index (χ4n) is 1.24. The monoisotopic (exact) mass is 200 g/mol. The molecule has 0 atom stereocenters. The third kappa shape index (κ3) is 1.35. The average molecular weight is 201 g/mol. The van der Waals surface area contributed by atoms with E-state index in [1.165, 1.54) is 0 Å². The lowest BCUT2D eigenvalue weighted by atomic mass is 9.96. The van der Waals surface area contributed by atoms with Crippen molar-refractivity contribution in [2.45, 2.75) is 4.75 Å². The third-order valence-electron chi connectivity index (χ3n) is 2.04. The highest BCUT2D eigenvalue weighted by molar-refractivity contribution is 7.81. The fraction of sp³-hybridized carbons (Fsp3) is 0.333. The van der Waals surface area contributed by atoms with E-state index in [1.54, 1.807) is 0 Å². The van der Waals surface area contributed by atoms with Crippen molar-refractivity contribution >= 4 is 24.2 Å². The summed E-state index contributed by atoms with van der Waals surface area (Å²) < 4.78 is 5.01. The maximum atomic E-state index is 5.86. The lowest BCUT2D eigenvalue weighted by Gasteiger charge is -2.37. The van der Waals surface area contributed by atoms with Crippen molar-refractivity contribution in [3.63, 3.8) is 0 Å². The van der Waals surface area contributed by atoms with Gasteiger partial charge in [-0.25, -0.2) is 0 Å². The average Bonchev–Trinajstić information content (AvgIpc) is 2.00. The van der Waals surface area contributed by atoms with E-state index >= 15 is 0 Å². The van der Waals surface area contributed by atoms with Gasteiger partial charge in [0.15, 0.2) is 0 Å². The van der Waals surface area contributed by atoms with Gasteiger partial charge >= 0.3 is 0 Å². The Bertz CT molecular complexity index is 296. The van der Waals surface area contributed by atoms with E-state index in [1.807, 2.05) is 24.3 Å². The number of halogens is 1. The number of hydrogen-bond acceptors (Lipinski definition) is 2. The van der Waals surface area contributed by atoms with Crippen molar-refractivity contribution in [2.24, 2.45) is 0 Å². The molecule has 3 heteroatoms. The molecule has 0 bridgehead atoms. The summed E-state index contributed by atoms with van der Waals surface area (Å²) in [7, 11) is 0. The summed E-state index contributed by atoms with van der Waals surface area (Å²) in [5.74, 6) is 0. The zero-order valence-corrected chi connectivity index (χ0v) is 8.11. The third-order valence-corrected chi connectivity index (χ3v) is 2.80. The molecule has 0 aliphatic carbocycles. The normalized spacial score (nSPS) is 20.2. The summed E-state index contributed by atoms with van der Waals surface area (Å²) in [6.07, 6.45) is 0. The van der Waals surface area contributed by atoms with Gasteiger partial charge in [0.2, 0.25) is 0 Å². The maximum absolute atomic E-state index is 5.86. The van der Waals surface area contributed by atoms with Crippen LogP contribution >= 0.6 is 24.2 Å². The Labute approximate surface area is 82.1 Å². The van der Waals surface area contributed by atoms with Crippen LogP contribution < -0.4 is 0 Å². The van der Waals surface area contributed by atoms with Crippen LogP contribution in [0.2, 0.25) is 5.02 Å². The molecular formula is C9H9ClOS. The van der Waals surface area contributed by atoms with Crippen molar-refractivity contribution in [2.75, 3.05) is 13.2 Å². The maximum Gasteiger partial charge on any atom is 0.0845 e. The lowest BCUT2D eigenvalue weighted by molar-refractivity contribution is -0.00968. The molecule has 1 aliphatic rings. The number of benzene rings is 1. The Balaban J connectivity index is 2.33. The Morgan fingerprint density at radius 3 is 2.67 bits per heavy atom. The van der Waals surface area contributed by atoms with Gasteiger partial charge in [0.1, 0.15) is 0 Å². The molecule has 0 aromatic heterocycles. The van der Waals surface area contributed by atoms with E-state index in [9.17, 15) is 0 Å². The van der Waals surface area contributed by atoms with E-state index in [0.717, 1.165) is 10.6 Å². The highest BCUT2D eigenvalue weighted by Gasteiger charge is 2.36. The number of hydrogen-bond donors (Lipinski definition) is 1. The van der Waals surface area contributed by atoms with Crippen molar-refractivity contribution < 1.29 is 4.74 Å². The van der Waals surface area contributed by atoms with Crippen molar-refractivity contribution in [3.05, 3.63) is 34.9 Å². The van der Waals surface area contributed by atoms with Crippen molar-refractivity contribution in [1.29, 1.82) is 0 Å². The van der Waals surface area contributed by atoms with Gasteiger partial charge < -0.3 is 4.74 Å². The second-order valence-corrected chi connectivity index (χ2v) is 4.33. The summed E-state index contributed by atoms with van der Waals surface area (Å²) in [4.78, 5) is 0. The van der Waals surface area contributed by atoms with Crippen LogP contribution in [0.5, 0.6) is 0 Å². The molecule has 1 aromatic rings. The summed E-state index contributed by atoms with van der Waals surface area (Å²) in [6, 6.07) is 7.77. The Hall–Kier alpha value is -0.180. The molecule has 12 heavy (non-hydrogen) atoms. The van der Waals surface area contributed by atoms with Crippen molar-refractivity contribution in [3.8, 4) is 0 Å². The van der Waals surface area contributed by atoms with E-state index in [4.69, 9.17) is 16.3 Å². The number of rotatable bonds is 1. The van der Waals surface area contributed by atoms with E-state index in [2.05, 4.69) is 12.6 Å². The summed E-state index contributed by atoms with van der Waals surface area (Å²) in [5, 5.41) is 0.757. The van der Waals surface area contributed by atoms with Gasteiger partial charge in [0, 0.05) is 5.02 Å². The zero-order valence-electron chi connectivity index (χ0n) is 6.46. The van der Waals surface area contributed by atoms with E-state index in [0.29, 0.717) is 13.2 Å². The molecule has 0 amide bonds. The zero-order chi connectivity index (χ0) is 8.60. The van der Waals surface area contributed by atoms with Crippen LogP contribution in [0.4, 0.5) is 0 Å². The van der Waals surface area contributed by atoms with Crippen LogP contribution in [-0.4, -0.2) is 13.2 Å². The van der Waals surface area contributed by atoms with Gasteiger partial charge in [-0.2, -0.15) is 12.6 Å². The van der Waals surface area contributed by atoms with Crippen LogP contribution in [-0.2, 0) is 9.48 Å². The highest BCUT2D eigenvalue weighted by Crippen LogP contribution is 2.36. The summed E-state index contributed by atoms with van der Waals surface area (Å²) in [5.41, 5.74) is 1.14. The minimum absolute atomic E-state index is 0.106. The van der Waals surface area contributed by atoms with Gasteiger partial charge in [-0.05, 0) is 17.7 Å². The number of ether oxygens (including phenoxy) is 1. The summed E-state index contributed by atoms with van der Waals surface area (Å²) >= 11 is 10.4. The molecule has 0 saturated carbocycles. The molecule has 0 radical (unpaired) electrons. The number of thiol groups is 1. The highest BCUT2D eigenvalue weighted by atomic mass is 35.5. The van der Waals surface area contributed by atoms with E-state index < -0.39 is 0 Å². The fourth-order valence-corrected chi connectivity index (χ4v) is 1.75. The van der Waals surface area contributed by atoms with E-state index in [-0.39, 0.29) is 4.75 Å². The minimum atomic E-state index is -0.106. The first-order valence-electron chi connectivity index (χ1n) is 3.77. The molecule has 0 unspecified atom stereocenters. The second-order valence-electron chi connectivity index (χ2n) is 3.03. The first-order valence-corrected chi connectivity index (χ1v) is 4.59. The van der Waals surface area contributed by atoms with Gasteiger partial charge in [-0.3, -0.25) is 0 Å². The Morgan fingerprint density at radius 2 is 2.17 bits per heavy atom. The molecule has 2 rings (SSSR count). The van der Waals surface area contributed by atoms with Gasteiger partial charge in [0.25, 0.3) is 0 Å². The molecule has 0 N–H and O–H groups in total. The smallest absolute Gasteiger partial charge is 0.0845 e. The van der Waals surface area contributed by atoms with Gasteiger partial charge in [-0.1, -0.05) is 23.7 Å². The molecule has 1 saturated heterocycles. The molecule has 1 aliphatic heterocycles. The first-order chi connectivity index (χ1) is 5.71. The Morgan fingerprint density at radius 1 is 1.42 bits per heavy atom. The topological polar surface area (TPSA) is 9.23 Å².